The molecule has 8 nitrogen and oxygen atoms in total. The molecule has 0 fully saturated rings. The molecule has 23 heavy (non-hydrogen) atoms. The van der Waals surface area contributed by atoms with Crippen molar-refractivity contribution in [2.45, 2.75) is 13.5 Å². The van der Waals surface area contributed by atoms with E-state index in [0.29, 0.717) is 0 Å². The minimum Gasteiger partial charge on any atom is -0.465 e. The number of carbonyl (C=O) groups excluding carboxylic acids is 3. The molecule has 0 aliphatic carbocycles. The molecular weight excluding hydrogens is 320 g/mol. The number of nitrogens with zero attached hydrogens (tertiary/aromatic N) is 2. The van der Waals surface area contributed by atoms with Crippen LogP contribution in [0.25, 0.3) is 0 Å². The minimum absolute atomic E-state index is 0.194. The third-order valence-corrected chi connectivity index (χ3v) is 3.94. The van der Waals surface area contributed by atoms with Crippen LogP contribution >= 0.6 is 11.3 Å². The maximum Gasteiger partial charge on any atom is 0.350 e. The number of nitrogens with one attached hydrogen (secondary N) is 2. The predicted octanol–water partition coefficient (Wildman–Crippen LogP) is 0.832. The fourth-order valence-corrected chi connectivity index (χ4v) is 2.68. The quantitative estimate of drug-likeness (QED) is 0.636. The molecule has 0 saturated heterocycles. The Morgan fingerprint density at radius 3 is 2.70 bits per heavy atom. The van der Waals surface area contributed by atoms with Crippen molar-refractivity contribution in [2.24, 2.45) is 7.05 Å². The van der Waals surface area contributed by atoms with Gasteiger partial charge in [0.25, 0.3) is 0 Å². The maximum absolute atomic E-state index is 11.9. The Hall–Kier alpha value is -2.68. The van der Waals surface area contributed by atoms with Gasteiger partial charge in [-0.15, -0.1) is 11.3 Å². The smallest absolute Gasteiger partial charge is 0.350 e. The van der Waals surface area contributed by atoms with Crippen LogP contribution in [0.15, 0.2) is 17.6 Å². The molecule has 2 amide bonds. The second-order valence-corrected chi connectivity index (χ2v) is 5.62. The highest BCUT2D eigenvalue weighted by Crippen LogP contribution is 2.22. The van der Waals surface area contributed by atoms with Gasteiger partial charge in [0.05, 0.1) is 18.5 Å². The van der Waals surface area contributed by atoms with Crippen LogP contribution in [-0.4, -0.2) is 34.7 Å². The van der Waals surface area contributed by atoms with E-state index in [1.54, 1.807) is 23.3 Å². The monoisotopic (exact) mass is 336 g/mol. The van der Waals surface area contributed by atoms with Crippen LogP contribution in [0.5, 0.6) is 0 Å². The van der Waals surface area contributed by atoms with Crippen molar-refractivity contribution in [3.8, 4) is 0 Å². The van der Waals surface area contributed by atoms with Crippen LogP contribution in [0.4, 0.5) is 5.69 Å². The lowest BCUT2D eigenvalue weighted by Gasteiger charge is -2.06. The van der Waals surface area contributed by atoms with Crippen molar-refractivity contribution in [3.05, 3.63) is 33.8 Å². The Bertz CT molecular complexity index is 750. The number of amides is 2. The van der Waals surface area contributed by atoms with Gasteiger partial charge in [-0.2, -0.15) is 5.10 Å². The van der Waals surface area contributed by atoms with Gasteiger partial charge in [0, 0.05) is 25.4 Å². The van der Waals surface area contributed by atoms with Crippen molar-refractivity contribution < 1.29 is 19.1 Å². The average molecular weight is 336 g/mol. The first-order valence-electron chi connectivity index (χ1n) is 6.66. The van der Waals surface area contributed by atoms with Gasteiger partial charge in [0.1, 0.15) is 4.88 Å². The Morgan fingerprint density at radius 2 is 2.09 bits per heavy atom. The van der Waals surface area contributed by atoms with Crippen molar-refractivity contribution in [3.63, 3.8) is 0 Å². The summed E-state index contributed by atoms with van der Waals surface area (Å²) in [5.74, 6) is -2.22. The largest absolute Gasteiger partial charge is 0.465 e. The predicted molar refractivity (Wildman–Crippen MR) is 84.1 cm³/mol. The van der Waals surface area contributed by atoms with Gasteiger partial charge in [-0.05, 0) is 18.4 Å². The number of thiophene rings is 1. The zero-order valence-corrected chi connectivity index (χ0v) is 13.7. The normalized spacial score (nSPS) is 10.2. The molecule has 0 saturated carbocycles. The number of carbonyl (C=O) groups is 3. The van der Waals surface area contributed by atoms with Crippen molar-refractivity contribution >= 4 is 34.8 Å². The van der Waals surface area contributed by atoms with E-state index >= 15 is 0 Å². The molecule has 0 aromatic carbocycles. The fourth-order valence-electron chi connectivity index (χ4n) is 1.92. The van der Waals surface area contributed by atoms with E-state index in [-0.39, 0.29) is 17.1 Å². The number of ether oxygens (including phenoxy) is 1. The molecule has 2 heterocycles. The van der Waals surface area contributed by atoms with E-state index in [4.69, 9.17) is 0 Å². The number of esters is 1. The summed E-state index contributed by atoms with van der Waals surface area (Å²) in [5.41, 5.74) is 1.85. The number of anilines is 1. The second kappa shape index (κ2) is 7.05. The third kappa shape index (κ3) is 3.95. The molecule has 0 atom stereocenters. The van der Waals surface area contributed by atoms with Crippen LogP contribution < -0.4 is 10.6 Å². The van der Waals surface area contributed by atoms with E-state index in [2.05, 4.69) is 20.5 Å². The molecule has 0 aliphatic rings. The molecule has 0 spiro atoms. The number of aromatic nitrogens is 2. The van der Waals surface area contributed by atoms with E-state index in [1.807, 2.05) is 6.92 Å². The van der Waals surface area contributed by atoms with Gasteiger partial charge >= 0.3 is 17.8 Å². The summed E-state index contributed by atoms with van der Waals surface area (Å²) < 4.78 is 6.24. The summed E-state index contributed by atoms with van der Waals surface area (Å²) in [6.07, 6.45) is 1.77. The lowest BCUT2D eigenvalue weighted by molar-refractivity contribution is -0.136. The summed E-state index contributed by atoms with van der Waals surface area (Å²) >= 11 is 1.12. The SMILES string of the molecule is COC(=O)c1sccc1NC(=O)C(=O)NCc1cn(C)nc1C. The van der Waals surface area contributed by atoms with Gasteiger partial charge in [-0.1, -0.05) is 0 Å². The second-order valence-electron chi connectivity index (χ2n) is 4.71. The minimum atomic E-state index is -0.852. The molecule has 0 unspecified atom stereocenters. The maximum atomic E-state index is 11.9. The summed E-state index contributed by atoms with van der Waals surface area (Å²) in [7, 11) is 3.02. The van der Waals surface area contributed by atoms with Crippen molar-refractivity contribution in [1.82, 2.24) is 15.1 Å². The first-order chi connectivity index (χ1) is 10.9. The molecule has 2 aromatic rings. The molecule has 2 rings (SSSR count). The molecule has 0 aliphatic heterocycles. The number of aryl methyl sites for hydroxylation is 2. The summed E-state index contributed by atoms with van der Waals surface area (Å²) in [6.45, 7) is 2.01. The van der Waals surface area contributed by atoms with Gasteiger partial charge < -0.3 is 15.4 Å². The van der Waals surface area contributed by atoms with Crippen LogP contribution in [0.2, 0.25) is 0 Å². The highest BCUT2D eigenvalue weighted by Gasteiger charge is 2.19. The molecule has 122 valence electrons. The number of methoxy groups -OCH3 is 1. The third-order valence-electron chi connectivity index (χ3n) is 3.04. The zero-order valence-electron chi connectivity index (χ0n) is 12.9. The summed E-state index contributed by atoms with van der Waals surface area (Å²) in [5, 5.41) is 10.7. The summed E-state index contributed by atoms with van der Waals surface area (Å²) in [4.78, 5) is 35.5. The molecule has 2 N–H and O–H groups in total. The first kappa shape index (κ1) is 16.7. The van der Waals surface area contributed by atoms with E-state index in [1.165, 1.54) is 13.2 Å². The Kier molecular flexibility index (Phi) is 5.12. The number of hydrogen-bond acceptors (Lipinski definition) is 6. The van der Waals surface area contributed by atoms with E-state index in [9.17, 15) is 14.4 Å². The van der Waals surface area contributed by atoms with Crippen LogP contribution in [0, 0.1) is 6.92 Å². The van der Waals surface area contributed by atoms with E-state index < -0.39 is 17.8 Å². The van der Waals surface area contributed by atoms with E-state index in [0.717, 1.165) is 22.6 Å². The fraction of sp³-hybridized carbons (Fsp3) is 0.286. The van der Waals surface area contributed by atoms with Crippen LogP contribution in [-0.2, 0) is 27.9 Å². The zero-order chi connectivity index (χ0) is 17.0. The van der Waals surface area contributed by atoms with Crippen LogP contribution in [0.3, 0.4) is 0 Å². The van der Waals surface area contributed by atoms with Gasteiger partial charge in [0.15, 0.2) is 0 Å². The standard InChI is InChI=1S/C14H16N4O4S/c1-8-9(7-18(2)17-8)6-15-12(19)13(20)16-10-4-5-23-11(10)14(21)22-3/h4-5,7H,6H2,1-3H3,(H,15,19)(H,16,20). The molecule has 9 heteroatoms. The first-order valence-corrected chi connectivity index (χ1v) is 7.54. The Labute approximate surface area is 136 Å². The van der Waals surface area contributed by atoms with Gasteiger partial charge in [-0.3, -0.25) is 14.3 Å². The average Bonchev–Trinajstić information content (AvgIpc) is 3.10. The van der Waals surface area contributed by atoms with Gasteiger partial charge in [-0.25, -0.2) is 4.79 Å². The molecular formula is C14H16N4O4S. The van der Waals surface area contributed by atoms with Crippen molar-refractivity contribution in [2.75, 3.05) is 12.4 Å². The highest BCUT2D eigenvalue weighted by molar-refractivity contribution is 7.12. The highest BCUT2D eigenvalue weighted by atomic mass is 32.1. The lowest BCUT2D eigenvalue weighted by Crippen LogP contribution is -2.35. The molecule has 0 bridgehead atoms. The number of hydrogen-bond donors (Lipinski definition) is 2. The summed E-state index contributed by atoms with van der Waals surface area (Å²) in [6, 6.07) is 1.54. The molecule has 2 aromatic heterocycles. The number of rotatable bonds is 4. The molecule has 0 radical (unpaired) electrons. The van der Waals surface area contributed by atoms with Crippen LogP contribution in [0.1, 0.15) is 20.9 Å². The topological polar surface area (TPSA) is 102 Å². The lowest BCUT2D eigenvalue weighted by atomic mass is 10.2. The Balaban J connectivity index is 1.95. The van der Waals surface area contributed by atoms with Crippen molar-refractivity contribution in [1.29, 1.82) is 0 Å². The Morgan fingerprint density at radius 1 is 1.35 bits per heavy atom. The van der Waals surface area contributed by atoms with Gasteiger partial charge in [0.2, 0.25) is 0 Å².